The van der Waals surface area contributed by atoms with Crippen LogP contribution in [0.15, 0.2) is 108 Å². The number of nitrogens with one attached hydrogen (secondary N) is 1. The highest BCUT2D eigenvalue weighted by Crippen LogP contribution is 2.24. The lowest BCUT2D eigenvalue weighted by Gasteiger charge is -2.20. The number of carbonyl (C=O) groups excluding carboxylic acids is 2. The highest BCUT2D eigenvalue weighted by Gasteiger charge is 2.23. The third kappa shape index (κ3) is 7.26. The zero-order valence-corrected chi connectivity index (χ0v) is 23.9. The van der Waals surface area contributed by atoms with Gasteiger partial charge in [0.25, 0.3) is 0 Å². The van der Waals surface area contributed by atoms with Crippen molar-refractivity contribution in [3.8, 4) is 17.2 Å². The van der Waals surface area contributed by atoms with Crippen LogP contribution < -0.4 is 14.8 Å². The first-order valence-corrected chi connectivity index (χ1v) is 13.8. The van der Waals surface area contributed by atoms with Crippen LogP contribution in [-0.4, -0.2) is 36.5 Å². The molecule has 0 aliphatic carbocycles. The summed E-state index contributed by atoms with van der Waals surface area (Å²) < 4.78 is 17.4. The molecule has 5 rings (SSSR count). The van der Waals surface area contributed by atoms with Crippen molar-refractivity contribution in [2.45, 2.75) is 25.8 Å². The van der Waals surface area contributed by atoms with Crippen LogP contribution in [0, 0.1) is 12.1 Å². The Balaban J connectivity index is 1.21. The van der Waals surface area contributed by atoms with Gasteiger partial charge < -0.3 is 24.4 Å². The molecule has 5 aromatic rings. The van der Waals surface area contributed by atoms with Gasteiger partial charge in [0, 0.05) is 47.4 Å². The van der Waals surface area contributed by atoms with Crippen molar-refractivity contribution in [1.29, 1.82) is 0 Å². The lowest BCUT2D eigenvalue weighted by Crippen LogP contribution is -2.33. The minimum atomic E-state index is -0.751. The molecule has 0 spiro atoms. The molecule has 0 saturated carbocycles. The number of esters is 1. The van der Waals surface area contributed by atoms with Crippen molar-refractivity contribution in [3.05, 3.63) is 137 Å². The zero-order chi connectivity index (χ0) is 30.2. The van der Waals surface area contributed by atoms with E-state index in [-0.39, 0.29) is 5.78 Å². The molecule has 1 N–H and O–H groups in total. The molecule has 218 valence electrons. The Labute approximate surface area is 249 Å². The number of methoxy groups -OCH3 is 1. The Kier molecular flexibility index (Phi) is 9.11. The number of ketones is 1. The second kappa shape index (κ2) is 13.5. The summed E-state index contributed by atoms with van der Waals surface area (Å²) in [4.78, 5) is 30.5. The average molecular weight is 578 g/mol. The predicted molar refractivity (Wildman–Crippen MR) is 161 cm³/mol. The van der Waals surface area contributed by atoms with Crippen LogP contribution in [0.1, 0.15) is 32.9 Å². The molecular weight excluding hydrogens is 546 g/mol. The van der Waals surface area contributed by atoms with E-state index in [2.05, 4.69) is 10.3 Å². The molecular formula is C34H31N3O6. The number of nitrogens with zero attached hydrogens (tertiary/aromatic N) is 2. The van der Waals surface area contributed by atoms with Gasteiger partial charge in [-0.1, -0.05) is 42.5 Å². The summed E-state index contributed by atoms with van der Waals surface area (Å²) in [5.41, 5.74) is 3.88. The number of hydrogen-bond donors (Lipinski definition) is 1. The molecule has 0 fully saturated rings. The Morgan fingerprint density at radius 3 is 2.37 bits per heavy atom. The fourth-order valence-corrected chi connectivity index (χ4v) is 4.64. The van der Waals surface area contributed by atoms with Crippen molar-refractivity contribution in [1.82, 2.24) is 4.98 Å². The van der Waals surface area contributed by atoms with E-state index in [1.54, 1.807) is 24.3 Å². The summed E-state index contributed by atoms with van der Waals surface area (Å²) in [6.45, 7) is 2.32. The first-order valence-electron chi connectivity index (χ1n) is 13.8. The number of benzene rings is 3. The highest BCUT2D eigenvalue weighted by atomic mass is 16.5. The summed E-state index contributed by atoms with van der Waals surface area (Å²) in [5.74, 6) is 1.31. The van der Waals surface area contributed by atoms with Gasteiger partial charge in [0.2, 0.25) is 5.89 Å². The van der Waals surface area contributed by atoms with Gasteiger partial charge in [0.1, 0.15) is 17.6 Å². The largest absolute Gasteiger partial charge is 0.619 e. The molecule has 2 aromatic heterocycles. The minimum Gasteiger partial charge on any atom is -0.619 e. The number of rotatable bonds is 12. The van der Waals surface area contributed by atoms with E-state index >= 15 is 0 Å². The first kappa shape index (κ1) is 29.1. The van der Waals surface area contributed by atoms with Crippen LogP contribution >= 0.6 is 0 Å². The van der Waals surface area contributed by atoms with Gasteiger partial charge in [-0.15, -0.1) is 0 Å². The molecule has 0 saturated heterocycles. The molecule has 3 aromatic carbocycles. The normalized spacial score (nSPS) is 11.5. The number of oxazole rings is 1. The molecule has 43 heavy (non-hydrogen) atoms. The number of aryl methyl sites for hydroxylation is 1. The van der Waals surface area contributed by atoms with Gasteiger partial charge in [-0.3, -0.25) is 4.79 Å². The zero-order valence-electron chi connectivity index (χ0n) is 23.9. The molecule has 2 heterocycles. The summed E-state index contributed by atoms with van der Waals surface area (Å²) in [6.07, 6.45) is 3.45. The molecule has 1 atom stereocenters. The smallest absolute Gasteiger partial charge is 0.328 e. The van der Waals surface area contributed by atoms with E-state index in [0.29, 0.717) is 52.6 Å². The first-order chi connectivity index (χ1) is 20.9. The van der Waals surface area contributed by atoms with Crippen molar-refractivity contribution in [2.75, 3.05) is 19.0 Å². The Morgan fingerprint density at radius 1 is 0.953 bits per heavy atom. The van der Waals surface area contributed by atoms with Crippen LogP contribution in [-0.2, 0) is 22.4 Å². The van der Waals surface area contributed by atoms with Gasteiger partial charge in [0.15, 0.2) is 18.2 Å². The molecule has 9 nitrogen and oxygen atoms in total. The van der Waals surface area contributed by atoms with E-state index < -0.39 is 12.0 Å². The van der Waals surface area contributed by atoms with E-state index in [9.17, 15) is 14.8 Å². The van der Waals surface area contributed by atoms with Crippen LogP contribution in [0.2, 0.25) is 0 Å². The standard InChI is InChI=1S/C34H31N3O6/c1-23-29(36-33(43-23)26-8-4-3-5-9-26)18-21-42-27-14-12-24(13-15-27)22-31(34(39)41-2)35-30-11-7-6-10-28(30)32(38)25-16-19-37(40)20-17-25/h3-17,19-20,31,35H,18,21-22H2,1-2H3. The van der Waals surface area contributed by atoms with E-state index in [1.165, 1.54) is 31.6 Å². The number of ether oxygens (including phenoxy) is 2. The number of para-hydroxylation sites is 1. The monoisotopic (exact) mass is 577 g/mol. The third-order valence-corrected chi connectivity index (χ3v) is 6.94. The fraction of sp³-hybridized carbons (Fsp3) is 0.176. The maximum atomic E-state index is 13.2. The van der Waals surface area contributed by atoms with E-state index in [0.717, 1.165) is 22.6 Å². The lowest BCUT2D eigenvalue weighted by molar-refractivity contribution is -0.605. The number of anilines is 1. The quantitative estimate of drug-likeness (QED) is 0.0915. The maximum Gasteiger partial charge on any atom is 0.328 e. The SMILES string of the molecule is COC(=O)C(Cc1ccc(OCCc2nc(-c3ccccc3)oc2C)cc1)Nc1ccccc1C(=O)c1cc[n+]([O-])cc1. The van der Waals surface area contributed by atoms with Crippen molar-refractivity contribution in [2.24, 2.45) is 0 Å². The Hall–Kier alpha value is -5.44. The topological polar surface area (TPSA) is 118 Å². The van der Waals surface area contributed by atoms with Gasteiger partial charge in [-0.2, -0.15) is 4.73 Å². The fourth-order valence-electron chi connectivity index (χ4n) is 4.64. The number of hydrogen-bond acceptors (Lipinski definition) is 8. The van der Waals surface area contributed by atoms with Gasteiger partial charge in [-0.25, -0.2) is 9.78 Å². The van der Waals surface area contributed by atoms with E-state index in [4.69, 9.17) is 13.9 Å². The second-order valence-electron chi connectivity index (χ2n) is 9.88. The molecule has 0 radical (unpaired) electrons. The number of aromatic nitrogens is 2. The van der Waals surface area contributed by atoms with Gasteiger partial charge in [0.05, 0.1) is 19.4 Å². The summed E-state index contributed by atoms with van der Waals surface area (Å²) in [6, 6.07) is 26.3. The van der Waals surface area contributed by atoms with Gasteiger partial charge >= 0.3 is 5.97 Å². The van der Waals surface area contributed by atoms with Gasteiger partial charge in [-0.05, 0) is 48.9 Å². The maximum absolute atomic E-state index is 13.2. The van der Waals surface area contributed by atoms with Crippen molar-refractivity contribution in [3.63, 3.8) is 0 Å². The minimum absolute atomic E-state index is 0.272. The summed E-state index contributed by atoms with van der Waals surface area (Å²) in [7, 11) is 1.33. The van der Waals surface area contributed by atoms with Crippen LogP contribution in [0.3, 0.4) is 0 Å². The Bertz CT molecular complexity index is 1680. The molecule has 0 aliphatic heterocycles. The van der Waals surface area contributed by atoms with Crippen molar-refractivity contribution < 1.29 is 28.2 Å². The van der Waals surface area contributed by atoms with Crippen LogP contribution in [0.5, 0.6) is 5.75 Å². The molecule has 0 aliphatic rings. The highest BCUT2D eigenvalue weighted by molar-refractivity contribution is 6.12. The predicted octanol–water partition coefficient (Wildman–Crippen LogP) is 5.33. The summed E-state index contributed by atoms with van der Waals surface area (Å²) in [5, 5.41) is 14.6. The summed E-state index contributed by atoms with van der Waals surface area (Å²) >= 11 is 0. The molecule has 0 amide bonds. The van der Waals surface area contributed by atoms with Crippen LogP contribution in [0.4, 0.5) is 5.69 Å². The Morgan fingerprint density at radius 2 is 1.65 bits per heavy atom. The molecule has 9 heteroatoms. The lowest BCUT2D eigenvalue weighted by atomic mass is 10.0. The van der Waals surface area contributed by atoms with E-state index in [1.807, 2.05) is 61.5 Å². The average Bonchev–Trinajstić information content (AvgIpc) is 3.42. The van der Waals surface area contributed by atoms with Crippen LogP contribution in [0.25, 0.3) is 11.5 Å². The molecule has 1 unspecified atom stereocenters. The number of carbonyl (C=O) groups is 2. The third-order valence-electron chi connectivity index (χ3n) is 6.94. The number of pyridine rings is 1. The molecule has 0 bridgehead atoms. The second-order valence-corrected chi connectivity index (χ2v) is 9.88. The van der Waals surface area contributed by atoms with Crippen molar-refractivity contribution >= 4 is 17.4 Å².